The summed E-state index contributed by atoms with van der Waals surface area (Å²) in [6, 6.07) is 14.7. The molecule has 2 N–H and O–H groups in total. The molecule has 32 heavy (non-hydrogen) atoms. The van der Waals surface area contributed by atoms with Gasteiger partial charge in [-0.2, -0.15) is 0 Å². The Morgan fingerprint density at radius 2 is 1.72 bits per heavy atom. The quantitative estimate of drug-likeness (QED) is 0.433. The van der Waals surface area contributed by atoms with Crippen molar-refractivity contribution in [2.45, 2.75) is 53.5 Å². The van der Waals surface area contributed by atoms with Gasteiger partial charge in [-0.15, -0.1) is 0 Å². The zero-order valence-electron chi connectivity index (χ0n) is 20.7. The minimum Gasteiger partial charge on any atom is -0.386 e. The lowest BCUT2D eigenvalue weighted by Crippen LogP contribution is -2.33. The second-order valence-electron chi connectivity index (χ2n) is 8.89. The van der Waals surface area contributed by atoms with Crippen LogP contribution >= 0.6 is 0 Å². The fraction of sp³-hybridized carbons (Fsp3) is 0.481. The number of carbonyl (C=O) groups is 1. The first-order valence-corrected chi connectivity index (χ1v) is 11.7. The smallest absolute Gasteiger partial charge is 0.265 e. The summed E-state index contributed by atoms with van der Waals surface area (Å²) < 4.78 is 0. The molecule has 174 valence electrons. The Morgan fingerprint density at radius 1 is 1.03 bits per heavy atom. The van der Waals surface area contributed by atoms with Crippen molar-refractivity contribution in [3.63, 3.8) is 0 Å². The van der Waals surface area contributed by atoms with Crippen molar-refractivity contribution in [3.05, 3.63) is 59.2 Å². The molecule has 5 nitrogen and oxygen atoms in total. The van der Waals surface area contributed by atoms with Gasteiger partial charge in [0.25, 0.3) is 5.91 Å². The van der Waals surface area contributed by atoms with Gasteiger partial charge in [0.15, 0.2) is 0 Å². The van der Waals surface area contributed by atoms with Gasteiger partial charge in [0.1, 0.15) is 5.71 Å². The van der Waals surface area contributed by atoms with E-state index in [4.69, 9.17) is 4.99 Å². The van der Waals surface area contributed by atoms with Gasteiger partial charge in [-0.3, -0.25) is 9.69 Å². The van der Waals surface area contributed by atoms with Gasteiger partial charge < -0.3 is 10.6 Å². The molecule has 0 saturated heterocycles. The lowest BCUT2D eigenvalue weighted by atomic mass is 10.1. The molecule has 0 atom stereocenters. The van der Waals surface area contributed by atoms with Crippen LogP contribution in [-0.4, -0.2) is 43.7 Å². The average molecular weight is 437 g/mol. The SMILES string of the molecule is CNC(=O)C(CCN(CCCC(C)C)Cc1ccccc1)=Nc1cc(C)c(C)cc1NC. The van der Waals surface area contributed by atoms with Crippen molar-refractivity contribution in [1.29, 1.82) is 0 Å². The van der Waals surface area contributed by atoms with Gasteiger partial charge in [-0.05, 0) is 68.0 Å². The lowest BCUT2D eigenvalue weighted by Gasteiger charge is -2.23. The van der Waals surface area contributed by atoms with Crippen LogP contribution in [0.1, 0.15) is 49.8 Å². The first-order chi connectivity index (χ1) is 15.3. The molecule has 0 unspecified atom stereocenters. The zero-order valence-corrected chi connectivity index (χ0v) is 20.7. The molecule has 0 fully saturated rings. The Hall–Kier alpha value is -2.66. The Kier molecular flexibility index (Phi) is 10.4. The maximum Gasteiger partial charge on any atom is 0.265 e. The van der Waals surface area contributed by atoms with Crippen LogP contribution in [0.4, 0.5) is 11.4 Å². The maximum absolute atomic E-state index is 12.7. The number of carbonyl (C=O) groups excluding carboxylic acids is 1. The van der Waals surface area contributed by atoms with Gasteiger partial charge >= 0.3 is 0 Å². The minimum absolute atomic E-state index is 0.118. The molecule has 0 spiro atoms. The summed E-state index contributed by atoms with van der Waals surface area (Å²) in [5, 5.41) is 5.98. The lowest BCUT2D eigenvalue weighted by molar-refractivity contribution is -0.114. The molecule has 2 aromatic rings. The molecule has 0 saturated carbocycles. The predicted molar refractivity (Wildman–Crippen MR) is 137 cm³/mol. The van der Waals surface area contributed by atoms with Crippen molar-refractivity contribution in [3.8, 4) is 0 Å². The third kappa shape index (κ3) is 8.12. The summed E-state index contributed by atoms with van der Waals surface area (Å²) >= 11 is 0. The molecular formula is C27H40N4O. The third-order valence-corrected chi connectivity index (χ3v) is 5.80. The molecule has 0 aliphatic heterocycles. The highest BCUT2D eigenvalue weighted by atomic mass is 16.1. The number of amides is 1. The van der Waals surface area contributed by atoms with E-state index in [0.29, 0.717) is 18.1 Å². The highest BCUT2D eigenvalue weighted by molar-refractivity contribution is 6.39. The van der Waals surface area contributed by atoms with E-state index >= 15 is 0 Å². The van der Waals surface area contributed by atoms with Crippen LogP contribution in [0.5, 0.6) is 0 Å². The molecule has 2 rings (SSSR count). The summed E-state index contributed by atoms with van der Waals surface area (Å²) in [6.07, 6.45) is 2.96. The second-order valence-corrected chi connectivity index (χ2v) is 8.89. The van der Waals surface area contributed by atoms with Crippen molar-refractivity contribution in [2.75, 3.05) is 32.5 Å². The highest BCUT2D eigenvalue weighted by Gasteiger charge is 2.15. The van der Waals surface area contributed by atoms with E-state index in [-0.39, 0.29) is 5.91 Å². The first kappa shape index (κ1) is 25.6. The number of aryl methyl sites for hydroxylation is 2. The summed E-state index contributed by atoms with van der Waals surface area (Å²) in [4.78, 5) is 19.9. The largest absolute Gasteiger partial charge is 0.386 e. The molecule has 5 heteroatoms. The van der Waals surface area contributed by atoms with Crippen LogP contribution in [-0.2, 0) is 11.3 Å². The summed E-state index contributed by atoms with van der Waals surface area (Å²) in [7, 11) is 3.56. The maximum atomic E-state index is 12.7. The van der Waals surface area contributed by atoms with Crippen molar-refractivity contribution in [1.82, 2.24) is 10.2 Å². The first-order valence-electron chi connectivity index (χ1n) is 11.7. The molecule has 0 radical (unpaired) electrons. The van der Waals surface area contributed by atoms with E-state index in [1.54, 1.807) is 7.05 Å². The number of benzene rings is 2. The van der Waals surface area contributed by atoms with Crippen LogP contribution in [0.2, 0.25) is 0 Å². The Balaban J connectivity index is 2.22. The molecule has 0 aromatic heterocycles. The number of nitrogens with zero attached hydrogens (tertiary/aromatic N) is 2. The molecule has 2 aromatic carbocycles. The monoisotopic (exact) mass is 436 g/mol. The highest BCUT2D eigenvalue weighted by Crippen LogP contribution is 2.28. The Labute approximate surface area is 194 Å². The van der Waals surface area contributed by atoms with Crippen LogP contribution in [0.15, 0.2) is 47.5 Å². The molecule has 0 aliphatic carbocycles. The third-order valence-electron chi connectivity index (χ3n) is 5.80. The zero-order chi connectivity index (χ0) is 23.5. The number of rotatable bonds is 12. The Bertz CT molecular complexity index is 890. The molecule has 1 amide bonds. The van der Waals surface area contributed by atoms with Gasteiger partial charge in [-0.1, -0.05) is 44.2 Å². The van der Waals surface area contributed by atoms with E-state index in [9.17, 15) is 4.79 Å². The average Bonchev–Trinajstić information content (AvgIpc) is 2.78. The molecule has 0 aliphatic rings. The Morgan fingerprint density at radius 3 is 2.34 bits per heavy atom. The van der Waals surface area contributed by atoms with E-state index in [0.717, 1.165) is 37.4 Å². The van der Waals surface area contributed by atoms with E-state index in [1.165, 1.54) is 23.1 Å². The van der Waals surface area contributed by atoms with Crippen molar-refractivity contribution >= 4 is 23.0 Å². The summed E-state index contributed by atoms with van der Waals surface area (Å²) in [5.74, 6) is 0.577. The molecule has 0 bridgehead atoms. The van der Waals surface area contributed by atoms with Crippen LogP contribution in [0, 0.1) is 19.8 Å². The predicted octanol–water partition coefficient (Wildman–Crippen LogP) is 5.49. The van der Waals surface area contributed by atoms with E-state index in [1.807, 2.05) is 13.1 Å². The second kappa shape index (κ2) is 13.0. The standard InChI is InChI=1S/C27H40N4O/c1-20(2)11-10-15-31(19-23-12-8-7-9-13-23)16-14-24(27(32)29-6)30-26-18-22(4)21(3)17-25(26)28-5/h7-9,12-13,17-18,20,28H,10-11,14-16,19H2,1-6H3,(H,29,32). The summed E-state index contributed by atoms with van der Waals surface area (Å²) in [5.41, 5.74) is 5.97. The van der Waals surface area contributed by atoms with Crippen LogP contribution in [0.25, 0.3) is 0 Å². The normalized spacial score (nSPS) is 11.8. The van der Waals surface area contributed by atoms with Gasteiger partial charge in [-0.25, -0.2) is 4.99 Å². The van der Waals surface area contributed by atoms with E-state index < -0.39 is 0 Å². The summed E-state index contributed by atoms with van der Waals surface area (Å²) in [6.45, 7) is 11.4. The van der Waals surface area contributed by atoms with Crippen LogP contribution in [0.3, 0.4) is 0 Å². The van der Waals surface area contributed by atoms with Crippen molar-refractivity contribution < 1.29 is 4.79 Å². The fourth-order valence-electron chi connectivity index (χ4n) is 3.70. The number of aliphatic imine (C=N–C) groups is 1. The number of hydrogen-bond donors (Lipinski definition) is 2. The van der Waals surface area contributed by atoms with E-state index in [2.05, 4.69) is 79.6 Å². The number of nitrogens with one attached hydrogen (secondary N) is 2. The molecular weight excluding hydrogens is 396 g/mol. The van der Waals surface area contributed by atoms with Gasteiger partial charge in [0.2, 0.25) is 0 Å². The minimum atomic E-state index is -0.118. The topological polar surface area (TPSA) is 56.7 Å². The van der Waals surface area contributed by atoms with Crippen molar-refractivity contribution in [2.24, 2.45) is 10.9 Å². The van der Waals surface area contributed by atoms with Gasteiger partial charge in [0, 0.05) is 33.6 Å². The number of anilines is 1. The molecule has 0 heterocycles. The fourth-order valence-corrected chi connectivity index (χ4v) is 3.70. The van der Waals surface area contributed by atoms with Gasteiger partial charge in [0.05, 0.1) is 11.4 Å². The number of hydrogen-bond acceptors (Lipinski definition) is 4. The van der Waals surface area contributed by atoms with Crippen LogP contribution < -0.4 is 10.6 Å².